The molecule has 35 heavy (non-hydrogen) atoms. The van der Waals surface area contributed by atoms with Crippen LogP contribution in [0.1, 0.15) is 45.3 Å². The summed E-state index contributed by atoms with van der Waals surface area (Å²) in [5.41, 5.74) is 0.656. The number of hydrogen-bond acceptors (Lipinski definition) is 8. The van der Waals surface area contributed by atoms with Gasteiger partial charge in [0, 0.05) is 44.8 Å². The molecule has 0 aliphatic carbocycles. The number of nitrogens with one attached hydrogen (secondary N) is 2. The zero-order valence-electron chi connectivity index (χ0n) is 19.8. The number of carbonyl (C=O) groups excluding carboxylic acids is 3. The first kappa shape index (κ1) is 25.2. The summed E-state index contributed by atoms with van der Waals surface area (Å²) in [6, 6.07) is 9.07. The van der Waals surface area contributed by atoms with Crippen LogP contribution in [0.2, 0.25) is 0 Å². The van der Waals surface area contributed by atoms with Gasteiger partial charge in [-0.3, -0.25) is 19.3 Å². The second-order valence-corrected chi connectivity index (χ2v) is 9.81. The van der Waals surface area contributed by atoms with Gasteiger partial charge in [-0.2, -0.15) is 0 Å². The predicted octanol–water partition coefficient (Wildman–Crippen LogP) is 1.87. The Bertz CT molecular complexity index is 987. The molecule has 2 aromatic rings. The van der Waals surface area contributed by atoms with Crippen LogP contribution in [-0.2, 0) is 9.53 Å². The van der Waals surface area contributed by atoms with Crippen molar-refractivity contribution in [3.8, 4) is 0 Å². The van der Waals surface area contributed by atoms with E-state index in [1.807, 2.05) is 18.2 Å². The Kier molecular flexibility index (Phi) is 9.15. The summed E-state index contributed by atoms with van der Waals surface area (Å²) in [4.78, 5) is 41.6. The Hall–Kier alpha value is -2.89. The molecule has 1 aromatic carbocycles. The van der Waals surface area contributed by atoms with Gasteiger partial charge in [-0.1, -0.05) is 29.5 Å². The zero-order chi connectivity index (χ0) is 24.5. The van der Waals surface area contributed by atoms with Crippen molar-refractivity contribution in [2.75, 3.05) is 57.8 Å². The highest BCUT2D eigenvalue weighted by Crippen LogP contribution is 2.23. The van der Waals surface area contributed by atoms with Gasteiger partial charge in [0.1, 0.15) is 0 Å². The number of piperidine rings is 1. The first-order chi connectivity index (χ1) is 17.1. The molecule has 0 radical (unpaired) electrons. The standard InChI is InChI=1S/C24H32N6O4S/c31-20(25-9-4-10-29-13-15-34-16-14-29)17-18-7-11-30(12-8-18)24(33)23-28-27-22(35-23)21(32)26-19-5-2-1-3-6-19/h1-3,5-6,18H,4,7-17H2,(H,25,31)(H,26,32). The summed E-state index contributed by atoms with van der Waals surface area (Å²) in [7, 11) is 0. The van der Waals surface area contributed by atoms with Crippen LogP contribution in [0.5, 0.6) is 0 Å². The summed E-state index contributed by atoms with van der Waals surface area (Å²) >= 11 is 0.995. The second-order valence-electron chi connectivity index (χ2n) is 8.83. The van der Waals surface area contributed by atoms with Gasteiger partial charge in [-0.05, 0) is 43.9 Å². The lowest BCUT2D eigenvalue weighted by Crippen LogP contribution is -2.40. The number of anilines is 1. The third kappa shape index (κ3) is 7.55. The van der Waals surface area contributed by atoms with Gasteiger partial charge < -0.3 is 20.3 Å². The SMILES string of the molecule is O=C(CC1CCN(C(=O)c2nnc(C(=O)Nc3ccccc3)s2)CC1)NCCCN1CCOCC1. The van der Waals surface area contributed by atoms with Crippen LogP contribution in [0.25, 0.3) is 0 Å². The molecule has 2 saturated heterocycles. The normalized spacial score (nSPS) is 17.2. The molecule has 0 unspecified atom stereocenters. The number of rotatable bonds is 9. The van der Waals surface area contributed by atoms with Gasteiger partial charge in [0.05, 0.1) is 13.2 Å². The monoisotopic (exact) mass is 500 g/mol. The number of nitrogens with zero attached hydrogens (tertiary/aromatic N) is 4. The van der Waals surface area contributed by atoms with Gasteiger partial charge >= 0.3 is 0 Å². The van der Waals surface area contributed by atoms with Gasteiger partial charge in [0.2, 0.25) is 15.9 Å². The third-order valence-electron chi connectivity index (χ3n) is 6.29. The first-order valence-electron chi connectivity index (χ1n) is 12.1. The lowest BCUT2D eigenvalue weighted by atomic mass is 9.93. The number of para-hydroxylation sites is 1. The molecule has 4 rings (SSSR count). The Morgan fingerprint density at radius 2 is 1.71 bits per heavy atom. The van der Waals surface area contributed by atoms with Gasteiger partial charge in [0.15, 0.2) is 0 Å². The van der Waals surface area contributed by atoms with Crippen LogP contribution in [0.4, 0.5) is 5.69 Å². The molecule has 1 aromatic heterocycles. The highest BCUT2D eigenvalue weighted by Gasteiger charge is 2.28. The molecule has 0 bridgehead atoms. The average molecular weight is 501 g/mol. The van der Waals surface area contributed by atoms with Crippen LogP contribution in [0.15, 0.2) is 30.3 Å². The molecule has 2 fully saturated rings. The lowest BCUT2D eigenvalue weighted by molar-refractivity contribution is -0.122. The number of benzene rings is 1. The lowest BCUT2D eigenvalue weighted by Gasteiger charge is -2.31. The maximum atomic E-state index is 12.8. The minimum Gasteiger partial charge on any atom is -0.379 e. The largest absolute Gasteiger partial charge is 0.379 e. The van der Waals surface area contributed by atoms with E-state index in [0.717, 1.165) is 63.4 Å². The van der Waals surface area contributed by atoms with Crippen LogP contribution >= 0.6 is 11.3 Å². The molecule has 2 aliphatic rings. The Balaban J connectivity index is 1.15. The van der Waals surface area contributed by atoms with Crippen LogP contribution < -0.4 is 10.6 Å². The van der Waals surface area contributed by atoms with E-state index in [1.54, 1.807) is 17.0 Å². The minimum absolute atomic E-state index is 0.0787. The highest BCUT2D eigenvalue weighted by atomic mass is 32.1. The van der Waals surface area contributed by atoms with Crippen molar-refractivity contribution in [1.82, 2.24) is 25.3 Å². The fraction of sp³-hybridized carbons (Fsp3) is 0.542. The van der Waals surface area contributed by atoms with E-state index in [2.05, 4.69) is 25.7 Å². The number of aromatic nitrogens is 2. The molecule has 11 heteroatoms. The van der Waals surface area contributed by atoms with E-state index in [1.165, 1.54) is 0 Å². The van der Waals surface area contributed by atoms with Crippen LogP contribution in [0.3, 0.4) is 0 Å². The fourth-order valence-corrected chi connectivity index (χ4v) is 4.98. The van der Waals surface area contributed by atoms with E-state index >= 15 is 0 Å². The Morgan fingerprint density at radius 1 is 1.00 bits per heavy atom. The van der Waals surface area contributed by atoms with Gasteiger partial charge in [0.25, 0.3) is 11.8 Å². The molecule has 3 amide bonds. The van der Waals surface area contributed by atoms with E-state index in [4.69, 9.17) is 4.74 Å². The van der Waals surface area contributed by atoms with Gasteiger partial charge in [-0.25, -0.2) is 0 Å². The summed E-state index contributed by atoms with van der Waals surface area (Å²) in [6.07, 6.45) is 2.97. The molecule has 0 atom stereocenters. The van der Waals surface area contributed by atoms with Crippen molar-refractivity contribution in [3.05, 3.63) is 40.3 Å². The first-order valence-corrected chi connectivity index (χ1v) is 13.0. The van der Waals surface area contributed by atoms with Crippen LogP contribution in [-0.4, -0.2) is 90.2 Å². The van der Waals surface area contributed by atoms with Crippen molar-refractivity contribution in [3.63, 3.8) is 0 Å². The van der Waals surface area contributed by atoms with Crippen molar-refractivity contribution in [1.29, 1.82) is 0 Å². The smallest absolute Gasteiger partial charge is 0.286 e. The average Bonchev–Trinajstić information content (AvgIpc) is 3.39. The molecule has 3 heterocycles. The summed E-state index contributed by atoms with van der Waals surface area (Å²) in [5, 5.41) is 14.0. The quantitative estimate of drug-likeness (QED) is 0.505. The maximum absolute atomic E-state index is 12.8. The molecule has 2 N–H and O–H groups in total. The molecule has 10 nitrogen and oxygen atoms in total. The summed E-state index contributed by atoms with van der Waals surface area (Å²) in [6.45, 7) is 6.30. The molecule has 0 spiro atoms. The Morgan fingerprint density at radius 3 is 2.46 bits per heavy atom. The van der Waals surface area contributed by atoms with Crippen molar-refractivity contribution in [2.24, 2.45) is 5.92 Å². The van der Waals surface area contributed by atoms with Crippen molar-refractivity contribution >= 4 is 34.7 Å². The third-order valence-corrected chi connectivity index (χ3v) is 7.20. The van der Waals surface area contributed by atoms with E-state index in [0.29, 0.717) is 31.7 Å². The maximum Gasteiger partial charge on any atom is 0.286 e. The number of amides is 3. The number of likely N-dealkylation sites (tertiary alicyclic amines) is 1. The number of carbonyl (C=O) groups is 3. The fourth-order valence-electron chi connectivity index (χ4n) is 4.27. The van der Waals surface area contributed by atoms with Gasteiger partial charge in [-0.15, -0.1) is 10.2 Å². The number of hydrogen-bond donors (Lipinski definition) is 2. The molecule has 188 valence electrons. The molecular weight excluding hydrogens is 468 g/mol. The van der Waals surface area contributed by atoms with E-state index in [-0.39, 0.29) is 33.7 Å². The van der Waals surface area contributed by atoms with Crippen molar-refractivity contribution in [2.45, 2.75) is 25.7 Å². The minimum atomic E-state index is -0.387. The second kappa shape index (κ2) is 12.7. The van der Waals surface area contributed by atoms with E-state index < -0.39 is 0 Å². The zero-order valence-corrected chi connectivity index (χ0v) is 20.6. The van der Waals surface area contributed by atoms with Crippen molar-refractivity contribution < 1.29 is 19.1 Å². The number of ether oxygens (including phenoxy) is 1. The molecule has 0 saturated carbocycles. The van der Waals surface area contributed by atoms with E-state index in [9.17, 15) is 14.4 Å². The van der Waals surface area contributed by atoms with Crippen LogP contribution in [0, 0.1) is 5.92 Å². The predicted molar refractivity (Wildman–Crippen MR) is 132 cm³/mol. The summed E-state index contributed by atoms with van der Waals surface area (Å²) in [5.74, 6) is -0.260. The Labute approximate surface area is 209 Å². The highest BCUT2D eigenvalue weighted by molar-refractivity contribution is 7.15. The molecule has 2 aliphatic heterocycles. The summed E-state index contributed by atoms with van der Waals surface area (Å²) < 4.78 is 5.35. The molecular formula is C24H32N6O4S. The number of morpholine rings is 1. The topological polar surface area (TPSA) is 117 Å².